The Bertz CT molecular complexity index is 3290. The summed E-state index contributed by atoms with van der Waals surface area (Å²) in [7, 11) is 0. The van der Waals surface area contributed by atoms with Crippen molar-refractivity contribution in [2.45, 2.75) is 0 Å². The smallest absolute Gasteiger partial charge is 0.164 e. The number of benzene rings is 5. The monoisotopic (exact) mass is 810 g/mol. The van der Waals surface area contributed by atoms with Crippen LogP contribution in [0.25, 0.3) is 89.7 Å². The van der Waals surface area contributed by atoms with Crippen molar-refractivity contribution >= 4 is 61.2 Å². The third kappa shape index (κ3) is 6.08. The van der Waals surface area contributed by atoms with Crippen LogP contribution in [0.15, 0.2) is 207 Å². The first-order chi connectivity index (χ1) is 31.3. The maximum Gasteiger partial charge on any atom is 0.164 e. The number of hydrogen-bond donors (Lipinski definition) is 0. The lowest BCUT2D eigenvalue weighted by Crippen LogP contribution is -2.17. The number of fused-ring (bicyclic) bond motifs is 6. The van der Waals surface area contributed by atoms with Crippen LogP contribution in [-0.4, -0.2) is 44.0 Å². The Kier molecular flexibility index (Phi) is 8.56. The van der Waals surface area contributed by atoms with Gasteiger partial charge < -0.3 is 14.0 Å². The van der Waals surface area contributed by atoms with E-state index in [1.165, 1.54) is 0 Å². The summed E-state index contributed by atoms with van der Waals surface area (Å²) in [5, 5.41) is 0. The summed E-state index contributed by atoms with van der Waals surface area (Å²) in [4.78, 5) is 37.6. The molecule has 0 aliphatic heterocycles. The van der Waals surface area contributed by atoms with Gasteiger partial charge in [0.25, 0.3) is 0 Å². The standard InChI is InChI=1S/C53H34N10/c1-5-17-35(18-6-1)51-58-52(36-19-7-2-8-20-36)60-53(59-51)37-33-44(62-40-25-13-29-54-46(40)47-41(62)26-14-30-55-47)50(61(38-21-9-3-10-22-38)39-23-11-4-12-24-39)45(34-37)63-42-27-15-31-56-48(42)49-43(63)28-16-32-57-49/h1-34H. The molecule has 7 aromatic heterocycles. The van der Waals surface area contributed by atoms with E-state index in [9.17, 15) is 0 Å². The Balaban J connectivity index is 1.29. The molecule has 7 heterocycles. The van der Waals surface area contributed by atoms with Gasteiger partial charge in [-0.25, -0.2) is 15.0 Å². The van der Waals surface area contributed by atoms with Crippen molar-refractivity contribution in [1.82, 2.24) is 44.0 Å². The zero-order chi connectivity index (χ0) is 41.7. The van der Waals surface area contributed by atoms with Crippen molar-refractivity contribution in [3.05, 3.63) is 207 Å². The second-order valence-corrected chi connectivity index (χ2v) is 15.1. The molecule has 0 aliphatic rings. The Labute approximate surface area is 361 Å². The number of rotatable bonds is 8. The predicted molar refractivity (Wildman–Crippen MR) is 251 cm³/mol. The van der Waals surface area contributed by atoms with Gasteiger partial charge in [-0.2, -0.15) is 0 Å². The average Bonchev–Trinajstić information content (AvgIpc) is 3.88. The van der Waals surface area contributed by atoms with E-state index >= 15 is 0 Å². The van der Waals surface area contributed by atoms with Gasteiger partial charge in [0, 0.05) is 52.9 Å². The molecule has 0 saturated carbocycles. The Morgan fingerprint density at radius 2 is 0.635 bits per heavy atom. The molecular weight excluding hydrogens is 777 g/mol. The molecule has 12 aromatic rings. The summed E-state index contributed by atoms with van der Waals surface area (Å²) in [5.41, 5.74) is 13.8. The second kappa shape index (κ2) is 15.0. The number of pyridine rings is 4. The lowest BCUT2D eigenvalue weighted by Gasteiger charge is -2.31. The Morgan fingerprint density at radius 1 is 0.317 bits per heavy atom. The van der Waals surface area contributed by atoms with Crippen LogP contribution in [0.4, 0.5) is 17.1 Å². The molecule has 0 bridgehead atoms. The lowest BCUT2D eigenvalue weighted by atomic mass is 10.0. The summed E-state index contributed by atoms with van der Waals surface area (Å²) >= 11 is 0. The highest BCUT2D eigenvalue weighted by Gasteiger charge is 2.29. The minimum atomic E-state index is 0.511. The molecule has 0 aliphatic carbocycles. The van der Waals surface area contributed by atoms with Crippen LogP contribution in [0.1, 0.15) is 0 Å². The van der Waals surface area contributed by atoms with Gasteiger partial charge in [-0.3, -0.25) is 19.9 Å². The summed E-state index contributed by atoms with van der Waals surface area (Å²) in [6, 6.07) is 61.8. The quantitative estimate of drug-likeness (QED) is 0.149. The van der Waals surface area contributed by atoms with E-state index in [0.29, 0.717) is 17.5 Å². The van der Waals surface area contributed by atoms with E-state index in [1.807, 2.05) is 122 Å². The lowest BCUT2D eigenvalue weighted by molar-refractivity contribution is 1.06. The predicted octanol–water partition coefficient (Wildman–Crippen LogP) is 12.1. The largest absolute Gasteiger partial charge is 0.307 e. The molecule has 10 heteroatoms. The van der Waals surface area contributed by atoms with Gasteiger partial charge in [-0.05, 0) is 84.9 Å². The molecule has 0 saturated heterocycles. The van der Waals surface area contributed by atoms with Gasteiger partial charge in [0.05, 0.1) is 39.1 Å². The van der Waals surface area contributed by atoms with Crippen molar-refractivity contribution in [2.75, 3.05) is 4.90 Å². The minimum Gasteiger partial charge on any atom is -0.307 e. The van der Waals surface area contributed by atoms with Crippen molar-refractivity contribution < 1.29 is 0 Å². The van der Waals surface area contributed by atoms with Crippen molar-refractivity contribution in [2.24, 2.45) is 0 Å². The van der Waals surface area contributed by atoms with E-state index in [2.05, 4.69) is 99.0 Å². The van der Waals surface area contributed by atoms with E-state index < -0.39 is 0 Å². The minimum absolute atomic E-state index is 0.511. The summed E-state index contributed by atoms with van der Waals surface area (Å²) in [6.07, 6.45) is 7.29. The van der Waals surface area contributed by atoms with Crippen LogP contribution in [0, 0.1) is 0 Å². The number of aromatic nitrogens is 9. The fourth-order valence-corrected chi connectivity index (χ4v) is 8.62. The number of nitrogens with zero attached hydrogens (tertiary/aromatic N) is 10. The third-order valence-corrected chi connectivity index (χ3v) is 11.3. The number of hydrogen-bond acceptors (Lipinski definition) is 8. The highest BCUT2D eigenvalue weighted by Crippen LogP contribution is 2.47. The molecule has 12 rings (SSSR count). The maximum absolute atomic E-state index is 5.28. The van der Waals surface area contributed by atoms with Crippen LogP contribution in [0.2, 0.25) is 0 Å². The zero-order valence-corrected chi connectivity index (χ0v) is 33.6. The molecule has 0 N–H and O–H groups in total. The maximum atomic E-state index is 5.28. The SMILES string of the molecule is c1ccc(-c2nc(-c3ccccc3)nc(-c3cc(-n4c5cccnc5c5ncccc54)c(N(c4ccccc4)c4ccccc4)c(-n4c5cccnc5c5ncccc54)c3)n2)cc1. The van der Waals surface area contributed by atoms with Gasteiger partial charge in [0.1, 0.15) is 22.1 Å². The Morgan fingerprint density at radius 3 is 0.984 bits per heavy atom. The Hall–Kier alpha value is -8.89. The average molecular weight is 811 g/mol. The topological polar surface area (TPSA) is 103 Å². The molecule has 0 atom stereocenters. The normalized spacial score (nSPS) is 11.5. The van der Waals surface area contributed by atoms with Gasteiger partial charge in [-0.1, -0.05) is 97.1 Å². The van der Waals surface area contributed by atoms with Gasteiger partial charge in [0.2, 0.25) is 0 Å². The molecule has 0 spiro atoms. The molecule has 0 unspecified atom stereocenters. The number of anilines is 3. The van der Waals surface area contributed by atoms with Gasteiger partial charge in [-0.15, -0.1) is 0 Å². The third-order valence-electron chi connectivity index (χ3n) is 11.3. The van der Waals surface area contributed by atoms with Crippen LogP contribution >= 0.6 is 0 Å². The van der Waals surface area contributed by atoms with Crippen LogP contribution in [-0.2, 0) is 0 Å². The van der Waals surface area contributed by atoms with Gasteiger partial charge >= 0.3 is 0 Å². The molecule has 0 fully saturated rings. The number of para-hydroxylation sites is 2. The second-order valence-electron chi connectivity index (χ2n) is 15.1. The summed E-state index contributed by atoms with van der Waals surface area (Å²) < 4.78 is 4.54. The first-order valence-corrected chi connectivity index (χ1v) is 20.7. The highest BCUT2D eigenvalue weighted by molar-refractivity contribution is 6.08. The van der Waals surface area contributed by atoms with Crippen molar-refractivity contribution in [3.8, 4) is 45.5 Å². The molecule has 296 valence electrons. The molecule has 10 nitrogen and oxygen atoms in total. The van der Waals surface area contributed by atoms with E-state index in [4.69, 9.17) is 34.9 Å². The first kappa shape index (κ1) is 36.0. The van der Waals surface area contributed by atoms with Gasteiger partial charge in [0.15, 0.2) is 17.5 Å². The zero-order valence-electron chi connectivity index (χ0n) is 33.6. The van der Waals surface area contributed by atoms with E-state index in [1.54, 1.807) is 0 Å². The van der Waals surface area contributed by atoms with E-state index in [-0.39, 0.29) is 0 Å². The summed E-state index contributed by atoms with van der Waals surface area (Å²) in [5.74, 6) is 1.64. The molecular formula is C53H34N10. The molecule has 0 radical (unpaired) electrons. The van der Waals surface area contributed by atoms with Crippen LogP contribution in [0.5, 0.6) is 0 Å². The highest BCUT2D eigenvalue weighted by atomic mass is 15.2. The molecule has 0 amide bonds. The summed E-state index contributed by atoms with van der Waals surface area (Å²) in [6.45, 7) is 0. The van der Waals surface area contributed by atoms with Crippen molar-refractivity contribution in [1.29, 1.82) is 0 Å². The molecule has 5 aromatic carbocycles. The fourth-order valence-electron chi connectivity index (χ4n) is 8.62. The molecule has 63 heavy (non-hydrogen) atoms. The van der Waals surface area contributed by atoms with E-state index in [0.717, 1.165) is 89.3 Å². The van der Waals surface area contributed by atoms with Crippen LogP contribution < -0.4 is 4.90 Å². The van der Waals surface area contributed by atoms with Crippen LogP contribution in [0.3, 0.4) is 0 Å². The van der Waals surface area contributed by atoms with Crippen molar-refractivity contribution in [3.63, 3.8) is 0 Å². The first-order valence-electron chi connectivity index (χ1n) is 20.7. The fraction of sp³-hybridized carbons (Fsp3) is 0.